The Labute approximate surface area is 459 Å². The van der Waals surface area contributed by atoms with Gasteiger partial charge in [0.2, 0.25) is 0 Å². The Balaban J connectivity index is 4.55. The number of hydrogen-bond donors (Lipinski definition) is 0. The van der Waals surface area contributed by atoms with E-state index in [1.807, 2.05) is 6.08 Å². The van der Waals surface area contributed by atoms with Crippen molar-refractivity contribution in [3.05, 3.63) is 182 Å². The smallest absolute Gasteiger partial charge is 0.309 e. The summed E-state index contributed by atoms with van der Waals surface area (Å²) in [6, 6.07) is 0. The average molecular weight is 1030 g/mol. The first-order valence-electron chi connectivity index (χ1n) is 29.3. The Bertz CT molecular complexity index is 1800. The van der Waals surface area contributed by atoms with Gasteiger partial charge in [0.25, 0.3) is 0 Å². The SMILES string of the molecule is CC/C=C\C/C=C\C/C=C\C/C=C\C/C=C\CCCCCCCCCCCC(=O)OCC(COC(=O)C/C=C\C/C=C\C/C=C\C/C=C\C/C=C\CC)OC(=O)CCC/C=C\C/C=C\C/C=C\C/C=C\C/C=C\CC. The van der Waals surface area contributed by atoms with Gasteiger partial charge in [-0.25, -0.2) is 0 Å². The molecule has 0 N–H and O–H groups in total. The molecule has 0 spiro atoms. The third kappa shape index (κ3) is 59.3. The van der Waals surface area contributed by atoms with E-state index in [4.69, 9.17) is 14.2 Å². The maximum Gasteiger partial charge on any atom is 0.309 e. The molecule has 0 saturated carbocycles. The molecule has 0 fully saturated rings. The van der Waals surface area contributed by atoms with Crippen LogP contribution in [0, 0.1) is 0 Å². The number of unbranched alkanes of at least 4 members (excludes halogenated alkanes) is 10. The van der Waals surface area contributed by atoms with Crippen LogP contribution in [0.3, 0.4) is 0 Å². The van der Waals surface area contributed by atoms with Crippen LogP contribution in [0.15, 0.2) is 182 Å². The molecule has 0 aromatic heterocycles. The minimum Gasteiger partial charge on any atom is -0.462 e. The van der Waals surface area contributed by atoms with E-state index in [1.165, 1.54) is 38.5 Å². The van der Waals surface area contributed by atoms with Crippen molar-refractivity contribution in [1.82, 2.24) is 0 Å². The van der Waals surface area contributed by atoms with Crippen LogP contribution in [0.25, 0.3) is 0 Å². The van der Waals surface area contributed by atoms with Crippen LogP contribution in [0.5, 0.6) is 0 Å². The highest BCUT2D eigenvalue weighted by Crippen LogP contribution is 2.13. The first-order valence-corrected chi connectivity index (χ1v) is 29.3. The van der Waals surface area contributed by atoms with E-state index in [0.29, 0.717) is 19.3 Å². The normalized spacial score (nSPS) is 13.5. The van der Waals surface area contributed by atoms with Crippen LogP contribution in [0.4, 0.5) is 0 Å². The number of carbonyl (C=O) groups is 3. The summed E-state index contributed by atoms with van der Waals surface area (Å²) in [4.78, 5) is 38.1. The summed E-state index contributed by atoms with van der Waals surface area (Å²) in [5, 5.41) is 0. The van der Waals surface area contributed by atoms with E-state index in [1.54, 1.807) is 6.08 Å². The highest BCUT2D eigenvalue weighted by atomic mass is 16.6. The first-order chi connectivity index (χ1) is 37.0. The lowest BCUT2D eigenvalue weighted by Gasteiger charge is -2.18. The van der Waals surface area contributed by atoms with Crippen molar-refractivity contribution in [1.29, 1.82) is 0 Å². The Morgan fingerprint density at radius 1 is 0.280 bits per heavy atom. The molecule has 0 bridgehead atoms. The molecular weight excluding hydrogens is 925 g/mol. The number of ether oxygens (including phenoxy) is 3. The largest absolute Gasteiger partial charge is 0.462 e. The Kier molecular flexibility index (Phi) is 56.6. The van der Waals surface area contributed by atoms with Gasteiger partial charge in [0.1, 0.15) is 13.2 Å². The van der Waals surface area contributed by atoms with Crippen LogP contribution in [0.1, 0.15) is 213 Å². The molecule has 0 amide bonds. The van der Waals surface area contributed by atoms with Gasteiger partial charge in [-0.1, -0.05) is 248 Å². The summed E-state index contributed by atoms with van der Waals surface area (Å²) >= 11 is 0. The molecule has 6 heteroatoms. The summed E-state index contributed by atoms with van der Waals surface area (Å²) in [5.41, 5.74) is 0. The number of rotatable bonds is 50. The second kappa shape index (κ2) is 61.1. The first kappa shape index (κ1) is 69.5. The molecule has 0 aliphatic carbocycles. The molecule has 1 atom stereocenters. The summed E-state index contributed by atoms with van der Waals surface area (Å²) < 4.78 is 16.7. The van der Waals surface area contributed by atoms with Gasteiger partial charge in [-0.05, 0) is 128 Å². The van der Waals surface area contributed by atoms with Crippen molar-refractivity contribution in [2.24, 2.45) is 0 Å². The zero-order chi connectivity index (χ0) is 54.3. The van der Waals surface area contributed by atoms with Gasteiger partial charge in [-0.2, -0.15) is 0 Å². The Morgan fingerprint density at radius 3 is 0.907 bits per heavy atom. The fraction of sp³-hybridized carbons (Fsp3) is 0.522. The van der Waals surface area contributed by atoms with E-state index >= 15 is 0 Å². The van der Waals surface area contributed by atoms with Crippen LogP contribution in [0.2, 0.25) is 0 Å². The van der Waals surface area contributed by atoms with Crippen molar-refractivity contribution in [3.63, 3.8) is 0 Å². The molecule has 0 aromatic rings. The zero-order valence-corrected chi connectivity index (χ0v) is 47.5. The van der Waals surface area contributed by atoms with Gasteiger partial charge >= 0.3 is 17.9 Å². The molecule has 0 rings (SSSR count). The van der Waals surface area contributed by atoms with Crippen LogP contribution in [-0.2, 0) is 28.6 Å². The van der Waals surface area contributed by atoms with Gasteiger partial charge < -0.3 is 14.2 Å². The zero-order valence-electron chi connectivity index (χ0n) is 47.5. The second-order valence-corrected chi connectivity index (χ2v) is 18.4. The van der Waals surface area contributed by atoms with Crippen molar-refractivity contribution in [2.75, 3.05) is 13.2 Å². The number of allylic oxidation sites excluding steroid dienone is 29. The second-order valence-electron chi connectivity index (χ2n) is 18.4. The maximum atomic E-state index is 12.8. The van der Waals surface area contributed by atoms with E-state index in [2.05, 4.69) is 191 Å². The van der Waals surface area contributed by atoms with E-state index in [-0.39, 0.29) is 32.0 Å². The van der Waals surface area contributed by atoms with Gasteiger partial charge in [0.05, 0.1) is 6.42 Å². The number of hydrogen-bond acceptors (Lipinski definition) is 6. The standard InChI is InChI=1S/C69H104O6/c1-4-7-10-13-16-19-22-25-28-30-31-32-33-34-35-36-37-39-41-44-47-50-53-56-59-62-68(71)74-65-66(64-73-67(70)61-58-55-52-49-46-43-40-27-24-21-18-15-12-9-6-3)75-69(72)63-60-57-54-51-48-45-42-38-29-26-23-20-17-14-11-8-5-2/h7-12,16-21,25-29,31-32,34-35,40,42,45-46,49,51,54-55,58,66H,4-6,13-15,22-24,30,33,36-39,41,43-44,47-48,50,52-53,56-57,59-65H2,1-3H3/b10-7-,11-8-,12-9-,19-16-,20-17-,21-18-,28-25-,29-26-,32-31-,35-34-,40-27-,45-42-,49-46-,54-51-,58-55-. The van der Waals surface area contributed by atoms with Crippen LogP contribution < -0.4 is 0 Å². The molecular formula is C69H104O6. The third-order valence-corrected chi connectivity index (χ3v) is 11.4. The molecule has 1 unspecified atom stereocenters. The number of esters is 3. The van der Waals surface area contributed by atoms with E-state index in [0.717, 1.165) is 122 Å². The fourth-order valence-corrected chi connectivity index (χ4v) is 7.16. The fourth-order valence-electron chi connectivity index (χ4n) is 7.16. The van der Waals surface area contributed by atoms with Crippen molar-refractivity contribution in [3.8, 4) is 0 Å². The molecule has 0 aliphatic rings. The van der Waals surface area contributed by atoms with Crippen LogP contribution in [-0.4, -0.2) is 37.2 Å². The lowest BCUT2D eigenvalue weighted by Crippen LogP contribution is -2.30. The maximum absolute atomic E-state index is 12.8. The number of carbonyl (C=O) groups excluding carboxylic acids is 3. The summed E-state index contributed by atoms with van der Waals surface area (Å²) in [5.74, 6) is -1.15. The van der Waals surface area contributed by atoms with E-state index in [9.17, 15) is 14.4 Å². The van der Waals surface area contributed by atoms with Crippen molar-refractivity contribution < 1.29 is 28.6 Å². The van der Waals surface area contributed by atoms with E-state index < -0.39 is 18.0 Å². The minimum absolute atomic E-state index is 0.104. The lowest BCUT2D eigenvalue weighted by atomic mass is 10.1. The summed E-state index contributed by atoms with van der Waals surface area (Å²) in [6.45, 7) is 6.13. The topological polar surface area (TPSA) is 78.9 Å². The molecule has 75 heavy (non-hydrogen) atoms. The highest BCUT2D eigenvalue weighted by molar-refractivity contribution is 5.72. The van der Waals surface area contributed by atoms with Gasteiger partial charge in [0, 0.05) is 12.8 Å². The predicted molar refractivity (Wildman–Crippen MR) is 324 cm³/mol. The molecule has 0 aliphatic heterocycles. The molecule has 0 aromatic carbocycles. The predicted octanol–water partition coefficient (Wildman–Crippen LogP) is 20.1. The molecule has 0 radical (unpaired) electrons. The van der Waals surface area contributed by atoms with Gasteiger partial charge in [-0.3, -0.25) is 14.4 Å². The van der Waals surface area contributed by atoms with Crippen LogP contribution >= 0.6 is 0 Å². The molecule has 416 valence electrons. The third-order valence-electron chi connectivity index (χ3n) is 11.4. The highest BCUT2D eigenvalue weighted by Gasteiger charge is 2.19. The Morgan fingerprint density at radius 2 is 0.547 bits per heavy atom. The average Bonchev–Trinajstić information content (AvgIpc) is 3.41. The molecule has 0 heterocycles. The quantitative estimate of drug-likeness (QED) is 0.0261. The monoisotopic (exact) mass is 1030 g/mol. The Hall–Kier alpha value is -5.49. The van der Waals surface area contributed by atoms with Crippen molar-refractivity contribution >= 4 is 17.9 Å². The van der Waals surface area contributed by atoms with Gasteiger partial charge in [-0.15, -0.1) is 0 Å². The molecule has 0 saturated heterocycles. The lowest BCUT2D eigenvalue weighted by molar-refractivity contribution is -0.166. The summed E-state index contributed by atoms with van der Waals surface area (Å²) in [6.07, 6.45) is 92.0. The van der Waals surface area contributed by atoms with Crippen molar-refractivity contribution in [2.45, 2.75) is 219 Å². The summed E-state index contributed by atoms with van der Waals surface area (Å²) in [7, 11) is 0. The van der Waals surface area contributed by atoms with Gasteiger partial charge in [0.15, 0.2) is 6.10 Å². The minimum atomic E-state index is -0.862. The molecule has 6 nitrogen and oxygen atoms in total.